The number of nitrogen functional groups attached to an aromatic ring is 1. The molecule has 1 aromatic heterocycles. The van der Waals surface area contributed by atoms with E-state index in [0.717, 1.165) is 12.1 Å². The molecule has 0 saturated carbocycles. The van der Waals surface area contributed by atoms with Gasteiger partial charge in [0.15, 0.2) is 4.90 Å². The van der Waals surface area contributed by atoms with Crippen LogP contribution in [0.5, 0.6) is 0 Å². The van der Waals surface area contributed by atoms with Crippen molar-refractivity contribution in [2.45, 2.75) is 18.4 Å². The molecule has 0 spiro atoms. The summed E-state index contributed by atoms with van der Waals surface area (Å²) in [5, 5.41) is 4.05. The van der Waals surface area contributed by atoms with Crippen molar-refractivity contribution in [3.8, 4) is 0 Å². The number of nitrogens with two attached hydrogens (primary N) is 1. The van der Waals surface area contributed by atoms with Gasteiger partial charge in [-0.15, -0.1) is 0 Å². The van der Waals surface area contributed by atoms with E-state index in [-0.39, 0.29) is 12.2 Å². The zero-order valence-electron chi connectivity index (χ0n) is 11.4. The SMILES string of the molecule is Cc1nn(C)cc1CNS(=O)(=O)c1c(F)cc(N)cc1F. The largest absolute Gasteiger partial charge is 0.399 e. The zero-order chi connectivity index (χ0) is 15.8. The summed E-state index contributed by atoms with van der Waals surface area (Å²) in [6.07, 6.45) is 1.62. The zero-order valence-corrected chi connectivity index (χ0v) is 12.2. The molecule has 21 heavy (non-hydrogen) atoms. The molecule has 0 aliphatic heterocycles. The Labute approximate surface area is 120 Å². The molecule has 0 unspecified atom stereocenters. The van der Waals surface area contributed by atoms with Crippen molar-refractivity contribution in [1.82, 2.24) is 14.5 Å². The van der Waals surface area contributed by atoms with Gasteiger partial charge < -0.3 is 5.73 Å². The predicted octanol–water partition coefficient (Wildman–Crippen LogP) is 1.07. The van der Waals surface area contributed by atoms with Gasteiger partial charge in [0.2, 0.25) is 10.0 Å². The Hall–Kier alpha value is -2.00. The van der Waals surface area contributed by atoms with Crippen molar-refractivity contribution in [2.75, 3.05) is 5.73 Å². The molecular weight excluding hydrogens is 302 g/mol. The Morgan fingerprint density at radius 1 is 1.33 bits per heavy atom. The fraction of sp³-hybridized carbons (Fsp3) is 0.250. The molecule has 0 radical (unpaired) electrons. The van der Waals surface area contributed by atoms with Crippen molar-refractivity contribution in [3.63, 3.8) is 0 Å². The molecule has 0 fully saturated rings. The fourth-order valence-electron chi connectivity index (χ4n) is 1.90. The number of anilines is 1. The molecule has 1 aromatic carbocycles. The topological polar surface area (TPSA) is 90.0 Å². The molecular formula is C12H14F2N4O2S. The van der Waals surface area contributed by atoms with E-state index in [0.29, 0.717) is 11.3 Å². The highest BCUT2D eigenvalue weighted by molar-refractivity contribution is 7.89. The third-order valence-electron chi connectivity index (χ3n) is 2.86. The van der Waals surface area contributed by atoms with Crippen LogP contribution in [0.3, 0.4) is 0 Å². The van der Waals surface area contributed by atoms with Crippen LogP contribution in [0, 0.1) is 18.6 Å². The minimum atomic E-state index is -4.34. The quantitative estimate of drug-likeness (QED) is 0.826. The van der Waals surface area contributed by atoms with Crippen LogP contribution < -0.4 is 10.5 Å². The van der Waals surface area contributed by atoms with Crippen LogP contribution in [-0.2, 0) is 23.6 Å². The first kappa shape index (κ1) is 15.4. The maximum Gasteiger partial charge on any atom is 0.246 e. The molecule has 2 aromatic rings. The predicted molar refractivity (Wildman–Crippen MR) is 72.7 cm³/mol. The Kier molecular flexibility index (Phi) is 3.97. The third kappa shape index (κ3) is 3.19. The molecule has 0 amide bonds. The molecule has 2 rings (SSSR count). The standard InChI is InChI=1S/C12H14F2N4O2S/c1-7-8(6-18(2)17-7)5-16-21(19,20)12-10(13)3-9(15)4-11(12)14/h3-4,6,16H,5,15H2,1-2H3. The highest BCUT2D eigenvalue weighted by Crippen LogP contribution is 2.21. The highest BCUT2D eigenvalue weighted by Gasteiger charge is 2.24. The molecule has 0 aliphatic rings. The van der Waals surface area contributed by atoms with Gasteiger partial charge in [0.05, 0.1) is 5.69 Å². The average Bonchev–Trinajstić information content (AvgIpc) is 2.63. The van der Waals surface area contributed by atoms with E-state index in [1.807, 2.05) is 0 Å². The molecule has 114 valence electrons. The normalized spacial score (nSPS) is 11.8. The smallest absolute Gasteiger partial charge is 0.246 e. The van der Waals surface area contributed by atoms with Crippen molar-refractivity contribution in [1.29, 1.82) is 0 Å². The Morgan fingerprint density at radius 3 is 2.38 bits per heavy atom. The van der Waals surface area contributed by atoms with E-state index >= 15 is 0 Å². The molecule has 9 heteroatoms. The van der Waals surface area contributed by atoms with E-state index < -0.39 is 26.6 Å². The second-order valence-electron chi connectivity index (χ2n) is 4.55. The first-order valence-electron chi connectivity index (χ1n) is 5.94. The molecule has 0 atom stereocenters. The van der Waals surface area contributed by atoms with Gasteiger partial charge in [0, 0.05) is 31.0 Å². The number of halogens is 2. The molecule has 6 nitrogen and oxygen atoms in total. The molecule has 1 heterocycles. The van der Waals surface area contributed by atoms with Crippen molar-refractivity contribution in [3.05, 3.63) is 41.2 Å². The lowest BCUT2D eigenvalue weighted by Gasteiger charge is -2.09. The van der Waals surface area contributed by atoms with Crippen LogP contribution in [0.25, 0.3) is 0 Å². The van der Waals surface area contributed by atoms with Gasteiger partial charge in [0.25, 0.3) is 0 Å². The highest BCUT2D eigenvalue weighted by atomic mass is 32.2. The number of benzene rings is 1. The van der Waals surface area contributed by atoms with Crippen LogP contribution >= 0.6 is 0 Å². The van der Waals surface area contributed by atoms with Gasteiger partial charge in [-0.25, -0.2) is 21.9 Å². The third-order valence-corrected chi connectivity index (χ3v) is 4.31. The van der Waals surface area contributed by atoms with E-state index in [1.54, 1.807) is 20.2 Å². The van der Waals surface area contributed by atoms with Crippen molar-refractivity contribution in [2.24, 2.45) is 7.05 Å². The van der Waals surface area contributed by atoms with Gasteiger partial charge in [-0.3, -0.25) is 4.68 Å². The van der Waals surface area contributed by atoms with Gasteiger partial charge in [-0.05, 0) is 19.1 Å². The van der Waals surface area contributed by atoms with Crippen LogP contribution in [-0.4, -0.2) is 18.2 Å². The Bertz CT molecular complexity index is 764. The number of aromatic nitrogens is 2. The van der Waals surface area contributed by atoms with Gasteiger partial charge in [0.1, 0.15) is 11.6 Å². The van der Waals surface area contributed by atoms with E-state index in [9.17, 15) is 17.2 Å². The lowest BCUT2D eigenvalue weighted by molar-refractivity contribution is 0.514. The minimum Gasteiger partial charge on any atom is -0.399 e. The summed E-state index contributed by atoms with van der Waals surface area (Å²) in [7, 11) is -2.65. The molecule has 0 aliphatic carbocycles. The molecule has 0 saturated heterocycles. The lowest BCUT2D eigenvalue weighted by atomic mass is 10.3. The average molecular weight is 316 g/mol. The Morgan fingerprint density at radius 2 is 1.90 bits per heavy atom. The summed E-state index contributed by atoms with van der Waals surface area (Å²) in [5.74, 6) is -2.47. The lowest BCUT2D eigenvalue weighted by Crippen LogP contribution is -2.25. The monoisotopic (exact) mass is 316 g/mol. The number of rotatable bonds is 4. The first-order valence-corrected chi connectivity index (χ1v) is 7.42. The van der Waals surface area contributed by atoms with Crippen LogP contribution in [0.4, 0.5) is 14.5 Å². The minimum absolute atomic E-state index is 0.120. The Balaban J connectivity index is 2.29. The van der Waals surface area contributed by atoms with E-state index in [2.05, 4.69) is 9.82 Å². The maximum atomic E-state index is 13.7. The van der Waals surface area contributed by atoms with E-state index in [1.165, 1.54) is 4.68 Å². The summed E-state index contributed by atoms with van der Waals surface area (Å²) in [6, 6.07) is 1.51. The van der Waals surface area contributed by atoms with Gasteiger partial charge >= 0.3 is 0 Å². The number of hydrogen-bond donors (Lipinski definition) is 2. The maximum absolute atomic E-state index is 13.7. The molecule has 3 N–H and O–H groups in total. The summed E-state index contributed by atoms with van der Waals surface area (Å²) < 4.78 is 55.0. The fourth-order valence-corrected chi connectivity index (χ4v) is 3.02. The van der Waals surface area contributed by atoms with E-state index in [4.69, 9.17) is 5.73 Å². The number of nitrogens with zero attached hydrogens (tertiary/aromatic N) is 2. The van der Waals surface area contributed by atoms with Crippen molar-refractivity contribution >= 4 is 15.7 Å². The second kappa shape index (κ2) is 5.41. The van der Waals surface area contributed by atoms with Gasteiger partial charge in [-0.2, -0.15) is 5.10 Å². The number of hydrogen-bond acceptors (Lipinski definition) is 4. The van der Waals surface area contributed by atoms with Crippen LogP contribution in [0.2, 0.25) is 0 Å². The van der Waals surface area contributed by atoms with Crippen molar-refractivity contribution < 1.29 is 17.2 Å². The summed E-state index contributed by atoms with van der Waals surface area (Å²) >= 11 is 0. The van der Waals surface area contributed by atoms with Crippen LogP contribution in [0.1, 0.15) is 11.3 Å². The summed E-state index contributed by atoms with van der Waals surface area (Å²) in [6.45, 7) is 1.58. The van der Waals surface area contributed by atoms with Crippen LogP contribution in [0.15, 0.2) is 23.2 Å². The van der Waals surface area contributed by atoms with Gasteiger partial charge in [-0.1, -0.05) is 0 Å². The first-order chi connectivity index (χ1) is 9.70. The summed E-state index contributed by atoms with van der Waals surface area (Å²) in [5.41, 5.74) is 6.30. The number of sulfonamides is 1. The summed E-state index contributed by atoms with van der Waals surface area (Å²) in [4.78, 5) is -1.04. The molecule has 0 bridgehead atoms. The number of nitrogens with one attached hydrogen (secondary N) is 1. The second-order valence-corrected chi connectivity index (χ2v) is 6.26. The number of aryl methyl sites for hydroxylation is 2.